The summed E-state index contributed by atoms with van der Waals surface area (Å²) in [6, 6.07) is 4.82. The number of rotatable bonds is 3. The predicted molar refractivity (Wildman–Crippen MR) is 93.5 cm³/mol. The Hall–Kier alpha value is -3.07. The summed E-state index contributed by atoms with van der Waals surface area (Å²) in [5.41, 5.74) is 0.691. The summed E-state index contributed by atoms with van der Waals surface area (Å²) in [5, 5.41) is 20.1. The van der Waals surface area contributed by atoms with Gasteiger partial charge in [0.05, 0.1) is 10.7 Å². The molecule has 0 aliphatic carbocycles. The maximum atomic E-state index is 14.9. The van der Waals surface area contributed by atoms with E-state index in [-0.39, 0.29) is 22.1 Å². The van der Waals surface area contributed by atoms with Gasteiger partial charge in [0, 0.05) is 17.3 Å². The number of carboxylic acid groups (broad SMARTS) is 1. The molecule has 4 rings (SSSR count). The molecule has 1 aliphatic heterocycles. The van der Waals surface area contributed by atoms with Crippen LogP contribution in [0.15, 0.2) is 35.4 Å². The molecule has 0 bridgehead atoms. The first-order valence-corrected chi connectivity index (χ1v) is 8.47. The molecule has 0 unspecified atom stereocenters. The second-order valence-electron chi connectivity index (χ2n) is 6.38. The Kier molecular flexibility index (Phi) is 4.03. The van der Waals surface area contributed by atoms with Crippen LogP contribution >= 0.6 is 11.6 Å². The van der Waals surface area contributed by atoms with Crippen molar-refractivity contribution in [1.82, 2.24) is 24.8 Å². The molecule has 0 saturated carbocycles. The number of benzene rings is 1. The van der Waals surface area contributed by atoms with E-state index in [2.05, 4.69) is 15.5 Å². The maximum Gasteiger partial charge on any atom is 0.326 e. The zero-order valence-electron chi connectivity index (χ0n) is 14.0. The molecule has 1 aromatic carbocycles. The average Bonchev–Trinajstić information content (AvgIpc) is 3.26. The summed E-state index contributed by atoms with van der Waals surface area (Å²) >= 11 is 5.95. The third kappa shape index (κ3) is 2.71. The van der Waals surface area contributed by atoms with Crippen LogP contribution in [0.4, 0.5) is 4.39 Å². The highest BCUT2D eigenvalue weighted by Crippen LogP contribution is 2.38. The number of pyridine rings is 1. The fourth-order valence-electron chi connectivity index (χ4n) is 3.51. The summed E-state index contributed by atoms with van der Waals surface area (Å²) in [4.78, 5) is 24.1. The minimum Gasteiger partial charge on any atom is -0.480 e. The van der Waals surface area contributed by atoms with E-state index in [1.165, 1.54) is 27.7 Å². The van der Waals surface area contributed by atoms with Gasteiger partial charge in [-0.1, -0.05) is 18.5 Å². The van der Waals surface area contributed by atoms with Crippen LogP contribution in [0.2, 0.25) is 5.02 Å². The van der Waals surface area contributed by atoms with E-state index in [9.17, 15) is 19.1 Å². The van der Waals surface area contributed by atoms with Crippen LogP contribution < -0.4 is 5.56 Å². The van der Waals surface area contributed by atoms with Gasteiger partial charge in [-0.3, -0.25) is 9.36 Å². The molecule has 2 aromatic heterocycles. The second-order valence-corrected chi connectivity index (χ2v) is 6.78. The molecular formula is C17H13ClFN5O3. The molecular weight excluding hydrogens is 377 g/mol. The largest absolute Gasteiger partial charge is 0.480 e. The van der Waals surface area contributed by atoms with Crippen molar-refractivity contribution < 1.29 is 14.3 Å². The molecule has 3 aromatic rings. The summed E-state index contributed by atoms with van der Waals surface area (Å²) < 4.78 is 17.4. The molecule has 3 heterocycles. The quantitative estimate of drug-likeness (QED) is 0.737. The second kappa shape index (κ2) is 6.27. The lowest BCUT2D eigenvalue weighted by Crippen LogP contribution is -2.27. The van der Waals surface area contributed by atoms with Crippen molar-refractivity contribution in [3.05, 3.63) is 57.5 Å². The smallest absolute Gasteiger partial charge is 0.326 e. The van der Waals surface area contributed by atoms with Gasteiger partial charge in [0.1, 0.15) is 12.4 Å². The first-order valence-electron chi connectivity index (χ1n) is 8.09. The third-order valence-corrected chi connectivity index (χ3v) is 5.03. The molecule has 8 nitrogen and oxygen atoms in total. The summed E-state index contributed by atoms with van der Waals surface area (Å²) in [7, 11) is 0. The standard InChI is InChI=1S/C17H13ClFN5O3/c1-8-4-13(17(26)27)24-12(8)5-9(6-14(24)25)15-11(23-7-20-21-22-23)3-2-10(18)16(15)19/h2-3,5-8,13H,4H2,1H3,(H,26,27)/t8-,13-/m0/s1. The highest BCUT2D eigenvalue weighted by Gasteiger charge is 2.34. The zero-order chi connectivity index (χ0) is 19.3. The normalized spacial score (nSPS) is 18.5. The van der Waals surface area contributed by atoms with E-state index in [4.69, 9.17) is 11.6 Å². The zero-order valence-corrected chi connectivity index (χ0v) is 14.8. The van der Waals surface area contributed by atoms with Crippen molar-refractivity contribution in [2.75, 3.05) is 0 Å². The molecule has 0 spiro atoms. The number of tetrazole rings is 1. The highest BCUT2D eigenvalue weighted by molar-refractivity contribution is 6.31. The van der Waals surface area contributed by atoms with Crippen LogP contribution in [-0.2, 0) is 4.79 Å². The van der Waals surface area contributed by atoms with E-state index in [0.717, 1.165) is 0 Å². The Morgan fingerprint density at radius 3 is 2.81 bits per heavy atom. The number of carboxylic acids is 1. The van der Waals surface area contributed by atoms with Crippen LogP contribution in [-0.4, -0.2) is 35.9 Å². The molecule has 0 fully saturated rings. The first kappa shape index (κ1) is 17.3. The molecule has 0 radical (unpaired) electrons. The predicted octanol–water partition coefficient (Wildman–Crippen LogP) is 2.42. The van der Waals surface area contributed by atoms with Gasteiger partial charge in [-0.2, -0.15) is 4.68 Å². The lowest BCUT2D eigenvalue weighted by Gasteiger charge is -2.15. The molecule has 27 heavy (non-hydrogen) atoms. The van der Waals surface area contributed by atoms with Crippen LogP contribution in [0.1, 0.15) is 31.0 Å². The summed E-state index contributed by atoms with van der Waals surface area (Å²) in [6.45, 7) is 1.83. The van der Waals surface area contributed by atoms with Crippen LogP contribution in [0.25, 0.3) is 16.8 Å². The summed E-state index contributed by atoms with van der Waals surface area (Å²) in [6.07, 6.45) is 1.60. The van der Waals surface area contributed by atoms with Gasteiger partial charge < -0.3 is 5.11 Å². The van der Waals surface area contributed by atoms with Crippen molar-refractivity contribution in [2.24, 2.45) is 0 Å². The van der Waals surface area contributed by atoms with Crippen molar-refractivity contribution in [3.8, 4) is 16.8 Å². The molecule has 10 heteroatoms. The van der Waals surface area contributed by atoms with Crippen molar-refractivity contribution >= 4 is 17.6 Å². The Morgan fingerprint density at radius 2 is 2.15 bits per heavy atom. The monoisotopic (exact) mass is 389 g/mol. The van der Waals surface area contributed by atoms with E-state index >= 15 is 0 Å². The minimum atomic E-state index is -1.07. The molecule has 1 aliphatic rings. The fraction of sp³-hybridized carbons (Fsp3) is 0.235. The number of aromatic nitrogens is 5. The van der Waals surface area contributed by atoms with Crippen LogP contribution in [0, 0.1) is 5.82 Å². The fourth-order valence-corrected chi connectivity index (χ4v) is 3.67. The molecule has 2 atom stereocenters. The maximum absolute atomic E-state index is 14.9. The Morgan fingerprint density at radius 1 is 1.37 bits per heavy atom. The number of carbonyl (C=O) groups is 1. The van der Waals surface area contributed by atoms with Crippen LogP contribution in [0.3, 0.4) is 0 Å². The van der Waals surface area contributed by atoms with Gasteiger partial charge in [0.2, 0.25) is 0 Å². The number of fused-ring (bicyclic) bond motifs is 1. The first-order chi connectivity index (χ1) is 12.9. The lowest BCUT2D eigenvalue weighted by molar-refractivity contribution is -0.140. The number of hydrogen-bond acceptors (Lipinski definition) is 5. The minimum absolute atomic E-state index is 0.0706. The number of halogens is 2. The average molecular weight is 390 g/mol. The Bertz CT molecular complexity index is 1110. The third-order valence-electron chi connectivity index (χ3n) is 4.73. The van der Waals surface area contributed by atoms with Gasteiger partial charge in [-0.05, 0) is 46.5 Å². The SMILES string of the molecule is C[C@H]1C[C@@H](C(=O)O)n2c1cc(-c1c(-n3cnnn3)ccc(Cl)c1F)cc2=O. The Labute approximate surface area is 156 Å². The molecule has 0 amide bonds. The molecule has 1 N–H and O–H groups in total. The van der Waals surface area contributed by atoms with E-state index in [0.29, 0.717) is 17.8 Å². The van der Waals surface area contributed by atoms with Gasteiger partial charge in [0.25, 0.3) is 5.56 Å². The molecule has 0 saturated heterocycles. The van der Waals surface area contributed by atoms with Crippen LogP contribution in [0.5, 0.6) is 0 Å². The highest BCUT2D eigenvalue weighted by atomic mass is 35.5. The van der Waals surface area contributed by atoms with Crippen molar-refractivity contribution in [3.63, 3.8) is 0 Å². The Balaban J connectivity index is 1.98. The number of hydrogen-bond donors (Lipinski definition) is 1. The van der Waals surface area contributed by atoms with E-state index in [1.807, 2.05) is 6.92 Å². The van der Waals surface area contributed by atoms with Gasteiger partial charge in [0.15, 0.2) is 5.82 Å². The topological polar surface area (TPSA) is 103 Å². The van der Waals surface area contributed by atoms with Gasteiger partial charge >= 0.3 is 5.97 Å². The lowest BCUT2D eigenvalue weighted by atomic mass is 9.99. The van der Waals surface area contributed by atoms with Gasteiger partial charge in [-0.25, -0.2) is 9.18 Å². The van der Waals surface area contributed by atoms with E-state index < -0.39 is 23.4 Å². The number of nitrogens with zero attached hydrogens (tertiary/aromatic N) is 5. The van der Waals surface area contributed by atoms with Gasteiger partial charge in [-0.15, -0.1) is 5.10 Å². The molecule has 138 valence electrons. The number of aliphatic carboxylic acids is 1. The van der Waals surface area contributed by atoms with E-state index in [1.54, 1.807) is 12.1 Å². The van der Waals surface area contributed by atoms with Crippen molar-refractivity contribution in [1.29, 1.82) is 0 Å². The summed E-state index contributed by atoms with van der Waals surface area (Å²) in [5.74, 6) is -1.95. The van der Waals surface area contributed by atoms with Crippen molar-refractivity contribution in [2.45, 2.75) is 25.3 Å².